The zero-order valence-electron chi connectivity index (χ0n) is 9.95. The molecule has 1 unspecified atom stereocenters. The Kier molecular flexibility index (Phi) is 2.99. The van der Waals surface area contributed by atoms with Crippen molar-refractivity contribution < 1.29 is 14.5 Å². The van der Waals surface area contributed by atoms with Crippen molar-refractivity contribution in [1.82, 2.24) is 4.90 Å². The first-order chi connectivity index (χ1) is 8.75. The van der Waals surface area contributed by atoms with Gasteiger partial charge in [-0.25, -0.2) is 9.69 Å². The van der Waals surface area contributed by atoms with E-state index in [-0.39, 0.29) is 12.6 Å². The maximum atomic E-state index is 11.0. The summed E-state index contributed by atoms with van der Waals surface area (Å²) in [5.74, 6) is 0.297. The van der Waals surface area contributed by atoms with E-state index >= 15 is 0 Å². The van der Waals surface area contributed by atoms with Gasteiger partial charge in [-0.05, 0) is 11.8 Å². The van der Waals surface area contributed by atoms with Crippen LogP contribution < -0.4 is 0 Å². The van der Waals surface area contributed by atoms with Gasteiger partial charge < -0.3 is 5.11 Å². The van der Waals surface area contributed by atoms with Crippen LogP contribution in [0.2, 0.25) is 0 Å². The van der Waals surface area contributed by atoms with Crippen LogP contribution >= 0.6 is 11.8 Å². The smallest absolute Gasteiger partial charge is 0.345 e. The van der Waals surface area contributed by atoms with Crippen molar-refractivity contribution >= 4 is 22.9 Å². The van der Waals surface area contributed by atoms with Gasteiger partial charge in [0.1, 0.15) is 6.54 Å². The first kappa shape index (κ1) is 11.6. The van der Waals surface area contributed by atoms with E-state index in [4.69, 9.17) is 5.11 Å². The topological polar surface area (TPSA) is 43.5 Å². The van der Waals surface area contributed by atoms with Gasteiger partial charge in [0.15, 0.2) is 12.6 Å². The Balaban J connectivity index is 1.89. The molecule has 0 aliphatic carbocycles. The first-order valence-electron chi connectivity index (χ1n) is 6.04. The molecule has 0 bridgehead atoms. The van der Waals surface area contributed by atoms with Crippen molar-refractivity contribution in [1.29, 1.82) is 0 Å². The van der Waals surface area contributed by atoms with Gasteiger partial charge in [-0.3, -0.25) is 4.58 Å². The Bertz CT molecular complexity index is 501. The van der Waals surface area contributed by atoms with E-state index in [1.165, 1.54) is 5.56 Å². The summed E-state index contributed by atoms with van der Waals surface area (Å²) in [7, 11) is 0. The van der Waals surface area contributed by atoms with Crippen molar-refractivity contribution in [2.75, 3.05) is 25.4 Å². The minimum atomic E-state index is -0.766. The third-order valence-electron chi connectivity index (χ3n) is 3.37. The van der Waals surface area contributed by atoms with Crippen LogP contribution in [0.15, 0.2) is 30.3 Å². The molecule has 0 spiro atoms. The van der Waals surface area contributed by atoms with Gasteiger partial charge in [-0.15, -0.1) is 0 Å². The molecule has 1 N–H and O–H groups in total. The number of thioether (sulfide) groups is 1. The summed E-state index contributed by atoms with van der Waals surface area (Å²) in [5, 5.41) is 10.2. The predicted molar refractivity (Wildman–Crippen MR) is 71.0 cm³/mol. The highest BCUT2D eigenvalue weighted by molar-refractivity contribution is 8.13. The Morgan fingerprint density at radius 1 is 1.44 bits per heavy atom. The minimum absolute atomic E-state index is 0.0817. The fraction of sp³-hybridized carbons (Fsp3) is 0.385. The lowest BCUT2D eigenvalue weighted by Crippen LogP contribution is -2.34. The highest BCUT2D eigenvalue weighted by Gasteiger charge is 2.44. The summed E-state index contributed by atoms with van der Waals surface area (Å²) in [4.78, 5) is 13.1. The maximum Gasteiger partial charge on any atom is 0.345 e. The van der Waals surface area contributed by atoms with Gasteiger partial charge in [0.05, 0.1) is 6.54 Å². The second kappa shape index (κ2) is 4.65. The van der Waals surface area contributed by atoms with Gasteiger partial charge in [0.25, 0.3) is 0 Å². The summed E-state index contributed by atoms with van der Waals surface area (Å²) in [5.41, 5.74) is 1.20. The van der Waals surface area contributed by atoms with Crippen molar-refractivity contribution in [3.8, 4) is 0 Å². The average molecular weight is 263 g/mol. The molecule has 1 aromatic carbocycles. The molecule has 2 heterocycles. The number of rotatable bonds is 3. The normalized spacial score (nSPS) is 22.4. The molecule has 5 heteroatoms. The summed E-state index contributed by atoms with van der Waals surface area (Å²) in [6, 6.07) is 10.3. The van der Waals surface area contributed by atoms with E-state index in [2.05, 4.69) is 16.7 Å². The van der Waals surface area contributed by atoms with Crippen LogP contribution in [-0.2, 0) is 4.79 Å². The van der Waals surface area contributed by atoms with Crippen molar-refractivity contribution in [2.24, 2.45) is 0 Å². The van der Waals surface area contributed by atoms with Crippen LogP contribution in [0.25, 0.3) is 0 Å². The molecular formula is C13H15N2O2S+. The van der Waals surface area contributed by atoms with Gasteiger partial charge >= 0.3 is 11.1 Å². The molecule has 2 aliphatic heterocycles. The number of carbonyl (C=O) groups is 1. The van der Waals surface area contributed by atoms with E-state index in [0.717, 1.165) is 24.0 Å². The van der Waals surface area contributed by atoms with Crippen molar-refractivity contribution in [2.45, 2.75) is 6.04 Å². The van der Waals surface area contributed by atoms with Crippen LogP contribution in [0.5, 0.6) is 0 Å². The number of nitrogens with zero attached hydrogens (tertiary/aromatic N) is 2. The minimum Gasteiger partial charge on any atom is -0.478 e. The lowest BCUT2D eigenvalue weighted by atomic mass is 10.1. The highest BCUT2D eigenvalue weighted by Crippen LogP contribution is 2.32. The second-order valence-corrected chi connectivity index (χ2v) is 5.59. The van der Waals surface area contributed by atoms with Crippen molar-refractivity contribution in [3.63, 3.8) is 0 Å². The fourth-order valence-electron chi connectivity index (χ4n) is 2.59. The fourth-order valence-corrected chi connectivity index (χ4v) is 3.79. The monoisotopic (exact) mass is 263 g/mol. The quantitative estimate of drug-likeness (QED) is 0.833. The zero-order chi connectivity index (χ0) is 12.5. The van der Waals surface area contributed by atoms with Gasteiger partial charge in [-0.2, -0.15) is 0 Å². The SMILES string of the molecule is O=C(O)CN1C2=[N+](CCS2)CC1c1ccccc1. The lowest BCUT2D eigenvalue weighted by molar-refractivity contribution is -0.511. The van der Waals surface area contributed by atoms with Crippen molar-refractivity contribution in [3.05, 3.63) is 35.9 Å². The number of hydrogen-bond acceptors (Lipinski definition) is 3. The standard InChI is InChI=1S/C13H14N2O2S/c16-12(17)9-15-11(10-4-2-1-3-5-10)8-14-6-7-18-13(14)15/h1-5,11H,6-9H2/p+1. The molecule has 18 heavy (non-hydrogen) atoms. The first-order valence-corrected chi connectivity index (χ1v) is 7.02. The molecule has 0 amide bonds. The van der Waals surface area contributed by atoms with E-state index in [0.29, 0.717) is 0 Å². The highest BCUT2D eigenvalue weighted by atomic mass is 32.2. The third kappa shape index (κ3) is 1.99. The zero-order valence-corrected chi connectivity index (χ0v) is 10.8. The number of aliphatic carboxylic acids is 1. The Morgan fingerprint density at radius 3 is 2.94 bits per heavy atom. The molecule has 0 saturated carbocycles. The number of benzene rings is 1. The number of carboxylic acids is 1. The largest absolute Gasteiger partial charge is 0.478 e. The Hall–Kier alpha value is -1.49. The van der Waals surface area contributed by atoms with Crippen LogP contribution in [0, 0.1) is 0 Å². The maximum absolute atomic E-state index is 11.0. The Labute approximate surface area is 110 Å². The molecule has 94 valence electrons. The van der Waals surface area contributed by atoms with Crippen LogP contribution in [-0.4, -0.2) is 51.1 Å². The van der Waals surface area contributed by atoms with Gasteiger partial charge in [0, 0.05) is 11.3 Å². The molecule has 3 rings (SSSR count). The second-order valence-electron chi connectivity index (χ2n) is 4.53. The van der Waals surface area contributed by atoms with Gasteiger partial charge in [-0.1, -0.05) is 30.3 Å². The number of amidine groups is 1. The van der Waals surface area contributed by atoms with E-state index in [1.54, 1.807) is 11.8 Å². The molecule has 0 saturated heterocycles. The van der Waals surface area contributed by atoms with Gasteiger partial charge in [0.2, 0.25) is 0 Å². The van der Waals surface area contributed by atoms with E-state index in [1.807, 2.05) is 23.1 Å². The molecule has 0 fully saturated rings. The van der Waals surface area contributed by atoms with Crippen LogP contribution in [0.4, 0.5) is 0 Å². The molecular weight excluding hydrogens is 248 g/mol. The number of carboxylic acid groups (broad SMARTS) is 1. The number of hydrogen-bond donors (Lipinski definition) is 1. The molecule has 4 nitrogen and oxygen atoms in total. The van der Waals surface area contributed by atoms with E-state index < -0.39 is 5.97 Å². The summed E-state index contributed by atoms with van der Waals surface area (Å²) >= 11 is 1.77. The molecule has 1 aromatic rings. The lowest BCUT2D eigenvalue weighted by Gasteiger charge is -2.18. The van der Waals surface area contributed by atoms with Crippen LogP contribution in [0.3, 0.4) is 0 Å². The molecule has 0 radical (unpaired) electrons. The van der Waals surface area contributed by atoms with Crippen LogP contribution in [0.1, 0.15) is 11.6 Å². The average Bonchev–Trinajstić information content (AvgIpc) is 2.93. The molecule has 0 aromatic heterocycles. The predicted octanol–water partition coefficient (Wildman–Crippen LogP) is 1.24. The summed E-state index contributed by atoms with van der Waals surface area (Å²) in [6.45, 7) is 2.01. The summed E-state index contributed by atoms with van der Waals surface area (Å²) in [6.07, 6.45) is 0. The Morgan fingerprint density at radius 2 is 2.22 bits per heavy atom. The summed E-state index contributed by atoms with van der Waals surface area (Å²) < 4.78 is 2.30. The third-order valence-corrected chi connectivity index (χ3v) is 4.51. The molecule has 1 atom stereocenters. The van der Waals surface area contributed by atoms with E-state index in [9.17, 15) is 4.79 Å². The molecule has 2 aliphatic rings.